The van der Waals surface area contributed by atoms with E-state index in [4.69, 9.17) is 4.76 Å². The molecular weight excluding hydrogens is 213 g/mol. The van der Waals surface area contributed by atoms with Gasteiger partial charge >= 0.3 is 7.12 Å². The van der Waals surface area contributed by atoms with Gasteiger partial charge in [-0.2, -0.15) is 0 Å². The molecule has 1 aliphatic rings. The van der Waals surface area contributed by atoms with Crippen LogP contribution in [0.25, 0.3) is 0 Å². The first-order valence-corrected chi connectivity index (χ1v) is 5.43. The highest BCUT2D eigenvalue weighted by atomic mass is 16.6. The third-order valence-corrected chi connectivity index (χ3v) is 2.77. The van der Waals surface area contributed by atoms with Crippen LogP contribution in [0.2, 0.25) is 0 Å². The normalized spacial score (nSPS) is 13.7. The van der Waals surface area contributed by atoms with Crippen LogP contribution in [0.15, 0.2) is 59.8 Å². The standard InChI is InChI=1S/C13H10BNO2/c16-14-12-9-5-4-8-11(12)13(15-17-14)10-6-2-1-3-7-10/h1-9,16H. The molecule has 0 radical (unpaired) electrons. The summed E-state index contributed by atoms with van der Waals surface area (Å²) < 4.78 is 5.01. The lowest BCUT2D eigenvalue weighted by atomic mass is 9.74. The van der Waals surface area contributed by atoms with E-state index in [1.54, 1.807) is 0 Å². The second-order valence-corrected chi connectivity index (χ2v) is 3.85. The Morgan fingerprint density at radius 2 is 1.65 bits per heavy atom. The first-order chi connectivity index (χ1) is 8.36. The van der Waals surface area contributed by atoms with Gasteiger partial charge in [0, 0.05) is 16.6 Å². The molecule has 1 heterocycles. The molecule has 3 rings (SSSR count). The Hall–Kier alpha value is -2.07. The SMILES string of the molecule is OB1ON=C(c2ccccc2)c2ccccc21. The molecule has 17 heavy (non-hydrogen) atoms. The molecule has 4 heteroatoms. The zero-order chi connectivity index (χ0) is 11.7. The van der Waals surface area contributed by atoms with Gasteiger partial charge in [0.1, 0.15) is 5.71 Å². The fraction of sp³-hybridized carbons (Fsp3) is 0. The molecule has 1 N–H and O–H groups in total. The topological polar surface area (TPSA) is 41.8 Å². The first-order valence-electron chi connectivity index (χ1n) is 5.43. The van der Waals surface area contributed by atoms with E-state index in [-0.39, 0.29) is 0 Å². The minimum Gasteiger partial charge on any atom is -0.426 e. The summed E-state index contributed by atoms with van der Waals surface area (Å²) in [5, 5.41) is 13.7. The maximum atomic E-state index is 9.70. The molecular formula is C13H10BNO2. The summed E-state index contributed by atoms with van der Waals surface area (Å²) in [6.45, 7) is 0. The van der Waals surface area contributed by atoms with E-state index in [1.165, 1.54) is 0 Å². The van der Waals surface area contributed by atoms with Gasteiger partial charge in [-0.25, -0.2) is 0 Å². The van der Waals surface area contributed by atoms with Gasteiger partial charge in [-0.3, -0.25) is 0 Å². The zero-order valence-corrected chi connectivity index (χ0v) is 9.08. The lowest BCUT2D eigenvalue weighted by Gasteiger charge is -2.18. The lowest BCUT2D eigenvalue weighted by Crippen LogP contribution is -2.40. The summed E-state index contributed by atoms with van der Waals surface area (Å²) in [4.78, 5) is 0. The number of rotatable bonds is 1. The second kappa shape index (κ2) is 4.07. The number of hydrogen-bond donors (Lipinski definition) is 1. The molecule has 0 saturated carbocycles. The van der Waals surface area contributed by atoms with E-state index >= 15 is 0 Å². The van der Waals surface area contributed by atoms with E-state index < -0.39 is 7.12 Å². The number of hydrogen-bond acceptors (Lipinski definition) is 3. The van der Waals surface area contributed by atoms with Crippen LogP contribution < -0.4 is 5.46 Å². The number of fused-ring (bicyclic) bond motifs is 1. The predicted octanol–water partition coefficient (Wildman–Crippen LogP) is 1.16. The van der Waals surface area contributed by atoms with E-state index in [1.807, 2.05) is 54.6 Å². The Morgan fingerprint density at radius 1 is 0.941 bits per heavy atom. The van der Waals surface area contributed by atoms with Crippen molar-refractivity contribution in [1.29, 1.82) is 0 Å². The Morgan fingerprint density at radius 3 is 2.47 bits per heavy atom. The van der Waals surface area contributed by atoms with Crippen LogP contribution in [-0.4, -0.2) is 17.9 Å². The van der Waals surface area contributed by atoms with Crippen molar-refractivity contribution in [2.45, 2.75) is 0 Å². The smallest absolute Gasteiger partial charge is 0.426 e. The first kappa shape index (κ1) is 10.1. The third-order valence-electron chi connectivity index (χ3n) is 2.77. The van der Waals surface area contributed by atoms with Gasteiger partial charge in [0.05, 0.1) is 0 Å². The molecule has 82 valence electrons. The Balaban J connectivity index is 2.14. The molecule has 0 aliphatic carbocycles. The van der Waals surface area contributed by atoms with Crippen molar-refractivity contribution in [2.24, 2.45) is 5.16 Å². The monoisotopic (exact) mass is 223 g/mol. The summed E-state index contributed by atoms with van der Waals surface area (Å²) in [6.07, 6.45) is 0. The van der Waals surface area contributed by atoms with Gasteiger partial charge in [0.15, 0.2) is 0 Å². The average Bonchev–Trinajstić information content (AvgIpc) is 2.41. The van der Waals surface area contributed by atoms with Crippen molar-refractivity contribution < 1.29 is 9.78 Å². The molecule has 0 aromatic heterocycles. The van der Waals surface area contributed by atoms with Crippen LogP contribution in [0, 0.1) is 0 Å². The molecule has 1 aliphatic heterocycles. The van der Waals surface area contributed by atoms with Crippen LogP contribution in [0.4, 0.5) is 0 Å². The van der Waals surface area contributed by atoms with E-state index in [0.29, 0.717) is 0 Å². The number of oxime groups is 1. The Kier molecular flexibility index (Phi) is 2.42. The van der Waals surface area contributed by atoms with Gasteiger partial charge in [-0.15, -0.1) is 5.16 Å². The molecule has 0 amide bonds. The molecule has 2 aromatic rings. The van der Waals surface area contributed by atoms with Crippen LogP contribution in [-0.2, 0) is 4.76 Å². The van der Waals surface area contributed by atoms with Crippen LogP contribution in [0.5, 0.6) is 0 Å². The summed E-state index contributed by atoms with van der Waals surface area (Å²) in [6, 6.07) is 17.4. The third kappa shape index (κ3) is 1.72. The molecule has 0 atom stereocenters. The molecule has 3 nitrogen and oxygen atoms in total. The highest BCUT2D eigenvalue weighted by molar-refractivity contribution is 6.62. The predicted molar refractivity (Wildman–Crippen MR) is 67.2 cm³/mol. The van der Waals surface area contributed by atoms with Crippen molar-refractivity contribution >= 4 is 18.3 Å². The van der Waals surface area contributed by atoms with Gasteiger partial charge in [-0.1, -0.05) is 54.6 Å². The minimum absolute atomic E-state index is 0.751. The van der Waals surface area contributed by atoms with Gasteiger partial charge in [-0.05, 0) is 0 Å². The highest BCUT2D eigenvalue weighted by Gasteiger charge is 2.29. The van der Waals surface area contributed by atoms with E-state index in [2.05, 4.69) is 5.16 Å². The summed E-state index contributed by atoms with van der Waals surface area (Å²) in [5.41, 5.74) is 3.40. The molecule has 0 spiro atoms. The lowest BCUT2D eigenvalue weighted by molar-refractivity contribution is 0.284. The number of benzene rings is 2. The van der Waals surface area contributed by atoms with Crippen LogP contribution >= 0.6 is 0 Å². The van der Waals surface area contributed by atoms with Crippen molar-refractivity contribution in [1.82, 2.24) is 0 Å². The fourth-order valence-electron chi connectivity index (χ4n) is 1.94. The largest absolute Gasteiger partial charge is 0.583 e. The van der Waals surface area contributed by atoms with Gasteiger partial charge < -0.3 is 9.78 Å². The quantitative estimate of drug-likeness (QED) is 0.737. The maximum Gasteiger partial charge on any atom is 0.583 e. The van der Waals surface area contributed by atoms with Crippen LogP contribution in [0.1, 0.15) is 11.1 Å². The van der Waals surface area contributed by atoms with Crippen molar-refractivity contribution in [3.8, 4) is 0 Å². The molecule has 0 fully saturated rings. The average molecular weight is 223 g/mol. The molecule has 0 saturated heterocycles. The minimum atomic E-state index is -0.973. The van der Waals surface area contributed by atoms with Crippen LogP contribution in [0.3, 0.4) is 0 Å². The fourth-order valence-corrected chi connectivity index (χ4v) is 1.94. The molecule has 0 unspecified atom stereocenters. The zero-order valence-electron chi connectivity index (χ0n) is 9.08. The summed E-state index contributed by atoms with van der Waals surface area (Å²) >= 11 is 0. The highest BCUT2D eigenvalue weighted by Crippen LogP contribution is 2.13. The van der Waals surface area contributed by atoms with E-state index in [0.717, 1.165) is 22.3 Å². The summed E-state index contributed by atoms with van der Waals surface area (Å²) in [7, 11) is -0.973. The maximum absolute atomic E-state index is 9.70. The Labute approximate surface area is 99.5 Å². The second-order valence-electron chi connectivity index (χ2n) is 3.85. The van der Waals surface area contributed by atoms with Gasteiger partial charge in [0.2, 0.25) is 0 Å². The molecule has 0 bridgehead atoms. The summed E-state index contributed by atoms with van der Waals surface area (Å²) in [5.74, 6) is 0. The number of nitrogens with zero attached hydrogens (tertiary/aromatic N) is 1. The van der Waals surface area contributed by atoms with Crippen molar-refractivity contribution in [2.75, 3.05) is 0 Å². The molecule has 2 aromatic carbocycles. The van der Waals surface area contributed by atoms with E-state index in [9.17, 15) is 5.02 Å². The van der Waals surface area contributed by atoms with Gasteiger partial charge in [0.25, 0.3) is 0 Å². The Bertz CT molecular complexity index is 569. The van der Waals surface area contributed by atoms with Crippen molar-refractivity contribution in [3.05, 3.63) is 65.7 Å². The van der Waals surface area contributed by atoms with Crippen molar-refractivity contribution in [3.63, 3.8) is 0 Å².